The van der Waals surface area contributed by atoms with E-state index in [9.17, 15) is 9.59 Å². The number of alkyl carbamates (subject to hydrolysis) is 1. The van der Waals surface area contributed by atoms with Gasteiger partial charge < -0.3 is 14.8 Å². The van der Waals surface area contributed by atoms with Crippen LogP contribution in [0.25, 0.3) is 0 Å². The van der Waals surface area contributed by atoms with Gasteiger partial charge in [-0.25, -0.2) is 4.79 Å². The van der Waals surface area contributed by atoms with Crippen molar-refractivity contribution in [2.75, 3.05) is 0 Å². The van der Waals surface area contributed by atoms with E-state index in [-0.39, 0.29) is 18.1 Å². The molecule has 15 heavy (non-hydrogen) atoms. The summed E-state index contributed by atoms with van der Waals surface area (Å²) in [7, 11) is 0. The Labute approximate surface area is 90.4 Å². The van der Waals surface area contributed by atoms with E-state index in [4.69, 9.17) is 4.74 Å². The van der Waals surface area contributed by atoms with E-state index in [0.717, 1.165) is 25.5 Å². The van der Waals surface area contributed by atoms with Crippen LogP contribution in [0.3, 0.4) is 0 Å². The van der Waals surface area contributed by atoms with E-state index >= 15 is 0 Å². The Hall–Kier alpha value is -1.06. The highest BCUT2D eigenvalue weighted by Crippen LogP contribution is 2.23. The topological polar surface area (TPSA) is 55.4 Å². The van der Waals surface area contributed by atoms with Gasteiger partial charge in [-0.15, -0.1) is 0 Å². The van der Waals surface area contributed by atoms with Crippen LogP contribution in [0.5, 0.6) is 0 Å². The molecule has 1 amide bonds. The molecule has 4 heteroatoms. The van der Waals surface area contributed by atoms with Crippen molar-refractivity contribution in [3.63, 3.8) is 0 Å². The fourth-order valence-corrected chi connectivity index (χ4v) is 1.75. The summed E-state index contributed by atoms with van der Waals surface area (Å²) < 4.78 is 5.13. The Morgan fingerprint density at radius 3 is 2.53 bits per heavy atom. The molecule has 0 spiro atoms. The molecule has 1 saturated carbocycles. The molecule has 0 aromatic rings. The zero-order valence-corrected chi connectivity index (χ0v) is 9.58. The molecule has 4 nitrogen and oxygen atoms in total. The van der Waals surface area contributed by atoms with Gasteiger partial charge in [-0.3, -0.25) is 0 Å². The van der Waals surface area contributed by atoms with Crippen LogP contribution in [0.4, 0.5) is 4.79 Å². The number of carbonyl (C=O) groups excluding carboxylic acids is 2. The Bertz CT molecular complexity index is 245. The van der Waals surface area contributed by atoms with Crippen molar-refractivity contribution in [3.8, 4) is 0 Å². The predicted molar refractivity (Wildman–Crippen MR) is 56.6 cm³/mol. The summed E-state index contributed by atoms with van der Waals surface area (Å²) in [6.45, 7) is 5.49. The summed E-state index contributed by atoms with van der Waals surface area (Å²) in [5, 5.41) is 2.78. The lowest BCUT2D eigenvalue weighted by Gasteiger charge is -2.21. The zero-order valence-electron chi connectivity index (χ0n) is 9.58. The van der Waals surface area contributed by atoms with E-state index in [1.165, 1.54) is 0 Å². The second-order valence-corrected chi connectivity index (χ2v) is 5.05. The fraction of sp³-hybridized carbons (Fsp3) is 0.818. The highest BCUT2D eigenvalue weighted by Gasteiger charge is 2.27. The molecule has 0 unspecified atom stereocenters. The normalized spacial score (nSPS) is 26.1. The molecular weight excluding hydrogens is 194 g/mol. The minimum Gasteiger partial charge on any atom is -0.444 e. The predicted octanol–water partition coefficient (Wildman–Crippen LogP) is 1.88. The summed E-state index contributed by atoms with van der Waals surface area (Å²) in [6.07, 6.45) is 3.05. The van der Waals surface area contributed by atoms with Crippen molar-refractivity contribution in [1.29, 1.82) is 0 Å². The quantitative estimate of drug-likeness (QED) is 0.712. The third-order valence-corrected chi connectivity index (χ3v) is 2.39. The summed E-state index contributed by atoms with van der Waals surface area (Å²) in [4.78, 5) is 21.9. The van der Waals surface area contributed by atoms with Gasteiger partial charge in [0, 0.05) is 12.0 Å². The molecule has 2 atom stereocenters. The zero-order chi connectivity index (χ0) is 11.5. The number of rotatable bonds is 2. The van der Waals surface area contributed by atoms with Crippen molar-refractivity contribution < 1.29 is 14.3 Å². The first-order valence-corrected chi connectivity index (χ1v) is 5.35. The summed E-state index contributed by atoms with van der Waals surface area (Å²) in [6, 6.07) is 0.0926. The van der Waals surface area contributed by atoms with Crippen molar-refractivity contribution in [3.05, 3.63) is 0 Å². The maximum atomic E-state index is 11.4. The molecule has 86 valence electrons. The Kier molecular flexibility index (Phi) is 3.72. The number of carbonyl (C=O) groups is 2. The molecule has 1 aliphatic carbocycles. The number of aldehydes is 1. The fourth-order valence-electron chi connectivity index (χ4n) is 1.75. The van der Waals surface area contributed by atoms with Crippen LogP contribution in [-0.4, -0.2) is 24.0 Å². The molecule has 1 aliphatic rings. The number of ether oxygens (including phenoxy) is 1. The first kappa shape index (κ1) is 12.0. The van der Waals surface area contributed by atoms with Crippen molar-refractivity contribution >= 4 is 12.4 Å². The largest absolute Gasteiger partial charge is 0.444 e. The molecule has 0 aliphatic heterocycles. The van der Waals surface area contributed by atoms with Gasteiger partial charge in [-0.05, 0) is 40.0 Å². The van der Waals surface area contributed by atoms with Gasteiger partial charge in [0.25, 0.3) is 0 Å². The third kappa shape index (κ3) is 4.32. The van der Waals surface area contributed by atoms with E-state index in [2.05, 4.69) is 5.32 Å². The van der Waals surface area contributed by atoms with Crippen LogP contribution in [0.15, 0.2) is 0 Å². The van der Waals surface area contributed by atoms with Crippen LogP contribution in [-0.2, 0) is 9.53 Å². The van der Waals surface area contributed by atoms with E-state index in [1.807, 2.05) is 20.8 Å². The lowest BCUT2D eigenvalue weighted by atomic mass is 10.1. The number of nitrogens with one attached hydrogen (secondary N) is 1. The third-order valence-electron chi connectivity index (χ3n) is 2.39. The minimum absolute atomic E-state index is 0.0926. The smallest absolute Gasteiger partial charge is 0.407 e. The molecule has 1 rings (SSSR count). The number of amides is 1. The van der Waals surface area contributed by atoms with Gasteiger partial charge in [-0.2, -0.15) is 0 Å². The van der Waals surface area contributed by atoms with Gasteiger partial charge in [-0.1, -0.05) is 0 Å². The standard InChI is InChI=1S/C11H19NO3/c1-11(2,3)15-10(14)12-9-5-4-8(6-9)7-13/h7-9H,4-6H2,1-3H3,(H,12,14)/t8-,9+/m1/s1. The average molecular weight is 213 g/mol. The number of hydrogen-bond acceptors (Lipinski definition) is 3. The SMILES string of the molecule is CC(C)(C)OC(=O)N[C@H]1CC[C@@H](C=O)C1. The molecule has 0 heterocycles. The average Bonchev–Trinajstić information content (AvgIpc) is 2.48. The Balaban J connectivity index is 2.31. The van der Waals surface area contributed by atoms with Crippen molar-refractivity contribution in [1.82, 2.24) is 5.32 Å². The van der Waals surface area contributed by atoms with Gasteiger partial charge in [0.2, 0.25) is 0 Å². The van der Waals surface area contributed by atoms with Crippen molar-refractivity contribution in [2.24, 2.45) is 5.92 Å². The maximum absolute atomic E-state index is 11.4. The summed E-state index contributed by atoms with van der Waals surface area (Å²) >= 11 is 0. The second kappa shape index (κ2) is 4.64. The van der Waals surface area contributed by atoms with Crippen LogP contribution in [0, 0.1) is 5.92 Å². The molecule has 0 radical (unpaired) electrons. The first-order valence-electron chi connectivity index (χ1n) is 5.35. The highest BCUT2D eigenvalue weighted by molar-refractivity contribution is 5.68. The van der Waals surface area contributed by atoms with Gasteiger partial charge in [0.15, 0.2) is 0 Å². The summed E-state index contributed by atoms with van der Waals surface area (Å²) in [5.41, 5.74) is -0.466. The monoisotopic (exact) mass is 213 g/mol. The Morgan fingerprint density at radius 1 is 1.40 bits per heavy atom. The lowest BCUT2D eigenvalue weighted by molar-refractivity contribution is -0.110. The second-order valence-electron chi connectivity index (χ2n) is 5.05. The van der Waals surface area contributed by atoms with Crippen LogP contribution in [0.2, 0.25) is 0 Å². The molecule has 0 aromatic heterocycles. The van der Waals surface area contributed by atoms with E-state index in [0.29, 0.717) is 0 Å². The van der Waals surface area contributed by atoms with Gasteiger partial charge in [0.1, 0.15) is 11.9 Å². The highest BCUT2D eigenvalue weighted by atomic mass is 16.6. The first-order chi connectivity index (χ1) is 6.90. The van der Waals surface area contributed by atoms with Gasteiger partial charge in [0.05, 0.1) is 0 Å². The molecule has 1 fully saturated rings. The summed E-state index contributed by atoms with van der Waals surface area (Å²) in [5.74, 6) is 0.102. The van der Waals surface area contributed by atoms with Crippen LogP contribution < -0.4 is 5.32 Å². The van der Waals surface area contributed by atoms with Crippen LogP contribution >= 0.6 is 0 Å². The van der Waals surface area contributed by atoms with E-state index < -0.39 is 5.60 Å². The maximum Gasteiger partial charge on any atom is 0.407 e. The Morgan fingerprint density at radius 2 is 2.07 bits per heavy atom. The lowest BCUT2D eigenvalue weighted by Crippen LogP contribution is -2.37. The molecular formula is C11H19NO3. The van der Waals surface area contributed by atoms with Crippen LogP contribution in [0.1, 0.15) is 40.0 Å². The molecule has 1 N–H and O–H groups in total. The molecule has 0 bridgehead atoms. The van der Waals surface area contributed by atoms with E-state index in [1.54, 1.807) is 0 Å². The van der Waals surface area contributed by atoms with Crippen molar-refractivity contribution in [2.45, 2.75) is 51.7 Å². The number of hydrogen-bond donors (Lipinski definition) is 1. The minimum atomic E-state index is -0.466. The van der Waals surface area contributed by atoms with Gasteiger partial charge >= 0.3 is 6.09 Å². The molecule has 0 aromatic carbocycles. The molecule has 0 saturated heterocycles.